The number of rotatable bonds is 7. The van der Waals surface area contributed by atoms with Gasteiger partial charge in [0, 0.05) is 12.5 Å². The molecule has 0 radical (unpaired) electrons. The molecule has 0 heterocycles. The average Bonchev–Trinajstić information content (AvgIpc) is 2.64. The van der Waals surface area contributed by atoms with Crippen molar-refractivity contribution >= 4 is 18.0 Å². The Hall–Kier alpha value is -3.68. The fraction of sp³-hybridized carbons (Fsp3) is 0.238. The van der Waals surface area contributed by atoms with Gasteiger partial charge in [-0.15, -0.1) is 0 Å². The van der Waals surface area contributed by atoms with E-state index in [0.717, 1.165) is 6.08 Å². The van der Waals surface area contributed by atoms with Crippen molar-refractivity contribution < 1.29 is 39.5 Å². The third kappa shape index (κ3) is 6.46. The molecule has 0 aliphatic carbocycles. The van der Waals surface area contributed by atoms with Crippen molar-refractivity contribution in [1.29, 1.82) is 0 Å². The van der Waals surface area contributed by atoms with E-state index in [1.807, 2.05) is 0 Å². The van der Waals surface area contributed by atoms with Crippen LogP contribution in [-0.2, 0) is 25.5 Å². The number of ether oxygens (including phenoxy) is 2. The van der Waals surface area contributed by atoms with Gasteiger partial charge >= 0.3 is 11.9 Å². The SMILES string of the molecule is CC(C)OC(=O)C(Cc1ccc(O)c(O)c1)OC(=O)C=Cc1ccc(O)c(O)c1. The third-order valence-corrected chi connectivity index (χ3v) is 3.75. The molecule has 154 valence electrons. The van der Waals surface area contributed by atoms with Gasteiger partial charge in [0.2, 0.25) is 6.10 Å². The summed E-state index contributed by atoms with van der Waals surface area (Å²) in [6, 6.07) is 7.99. The van der Waals surface area contributed by atoms with Crippen molar-refractivity contribution in [3.63, 3.8) is 0 Å². The molecule has 0 fully saturated rings. The van der Waals surface area contributed by atoms with Crippen LogP contribution in [0.25, 0.3) is 6.08 Å². The van der Waals surface area contributed by atoms with E-state index in [1.54, 1.807) is 13.8 Å². The maximum absolute atomic E-state index is 12.3. The Bertz CT molecular complexity index is 917. The number of carbonyl (C=O) groups is 2. The Kier molecular flexibility index (Phi) is 7.08. The van der Waals surface area contributed by atoms with Crippen molar-refractivity contribution in [3.8, 4) is 23.0 Å². The van der Waals surface area contributed by atoms with Gasteiger partial charge in [-0.3, -0.25) is 0 Å². The summed E-state index contributed by atoms with van der Waals surface area (Å²) in [4.78, 5) is 24.5. The number of carbonyl (C=O) groups excluding carboxylic acids is 2. The van der Waals surface area contributed by atoms with Crippen LogP contribution >= 0.6 is 0 Å². The highest BCUT2D eigenvalue weighted by Crippen LogP contribution is 2.26. The number of phenols is 4. The fourth-order valence-corrected chi connectivity index (χ4v) is 2.38. The van der Waals surface area contributed by atoms with Gasteiger partial charge in [-0.25, -0.2) is 9.59 Å². The van der Waals surface area contributed by atoms with Gasteiger partial charge in [0.05, 0.1) is 6.10 Å². The minimum atomic E-state index is -1.27. The first-order chi connectivity index (χ1) is 13.7. The number of benzene rings is 2. The topological polar surface area (TPSA) is 134 Å². The minimum absolute atomic E-state index is 0.0705. The molecule has 2 aromatic rings. The monoisotopic (exact) mass is 402 g/mol. The molecule has 2 aromatic carbocycles. The first-order valence-electron chi connectivity index (χ1n) is 8.77. The predicted molar refractivity (Wildman–Crippen MR) is 103 cm³/mol. The van der Waals surface area contributed by atoms with E-state index in [-0.39, 0.29) is 29.4 Å². The highest BCUT2D eigenvalue weighted by Gasteiger charge is 2.25. The van der Waals surface area contributed by atoms with Gasteiger partial charge in [0.25, 0.3) is 0 Å². The van der Waals surface area contributed by atoms with E-state index in [1.165, 1.54) is 42.5 Å². The lowest BCUT2D eigenvalue weighted by Gasteiger charge is -2.18. The molecule has 4 N–H and O–H groups in total. The lowest BCUT2D eigenvalue weighted by atomic mass is 10.1. The Morgan fingerprint density at radius 2 is 1.52 bits per heavy atom. The standard InChI is InChI=1S/C21H22O8/c1-12(2)28-21(27)19(11-14-4-7-16(23)18(25)10-14)29-20(26)8-5-13-3-6-15(22)17(24)9-13/h3-10,12,19,22-25H,11H2,1-2H3. The Morgan fingerprint density at radius 1 is 0.897 bits per heavy atom. The zero-order valence-corrected chi connectivity index (χ0v) is 15.9. The predicted octanol–water partition coefficient (Wildman–Crippen LogP) is 2.63. The molecule has 8 nitrogen and oxygen atoms in total. The maximum Gasteiger partial charge on any atom is 0.348 e. The average molecular weight is 402 g/mol. The van der Waals surface area contributed by atoms with Crippen LogP contribution < -0.4 is 0 Å². The van der Waals surface area contributed by atoms with Gasteiger partial charge in [0.15, 0.2) is 23.0 Å². The minimum Gasteiger partial charge on any atom is -0.504 e. The van der Waals surface area contributed by atoms with Crippen molar-refractivity contribution in [2.75, 3.05) is 0 Å². The van der Waals surface area contributed by atoms with Crippen molar-refractivity contribution in [2.45, 2.75) is 32.5 Å². The number of hydrogen-bond acceptors (Lipinski definition) is 8. The number of hydrogen-bond donors (Lipinski definition) is 4. The van der Waals surface area contributed by atoms with Crippen LogP contribution in [0.15, 0.2) is 42.5 Å². The summed E-state index contributed by atoms with van der Waals surface area (Å²) >= 11 is 0. The Balaban J connectivity index is 2.13. The normalized spacial score (nSPS) is 12.1. The summed E-state index contributed by atoms with van der Waals surface area (Å²) in [5, 5.41) is 37.8. The zero-order chi connectivity index (χ0) is 21.6. The summed E-state index contributed by atoms with van der Waals surface area (Å²) < 4.78 is 10.3. The molecule has 0 saturated heterocycles. The summed E-state index contributed by atoms with van der Waals surface area (Å²) in [7, 11) is 0. The molecule has 0 aromatic heterocycles. The van der Waals surface area contributed by atoms with Crippen LogP contribution in [0.1, 0.15) is 25.0 Å². The van der Waals surface area contributed by atoms with Gasteiger partial charge < -0.3 is 29.9 Å². The van der Waals surface area contributed by atoms with Gasteiger partial charge in [0.1, 0.15) is 0 Å². The molecule has 0 aliphatic heterocycles. The molecule has 0 saturated carbocycles. The molecule has 0 bridgehead atoms. The largest absolute Gasteiger partial charge is 0.504 e. The summed E-state index contributed by atoms with van der Waals surface area (Å²) in [5.41, 5.74) is 0.883. The lowest BCUT2D eigenvalue weighted by Crippen LogP contribution is -2.32. The van der Waals surface area contributed by atoms with Crippen molar-refractivity contribution in [2.24, 2.45) is 0 Å². The van der Waals surface area contributed by atoms with E-state index in [2.05, 4.69) is 0 Å². The zero-order valence-electron chi connectivity index (χ0n) is 15.9. The van der Waals surface area contributed by atoms with Crippen LogP contribution in [-0.4, -0.2) is 44.6 Å². The second-order valence-corrected chi connectivity index (χ2v) is 6.52. The highest BCUT2D eigenvalue weighted by molar-refractivity contribution is 5.89. The number of aromatic hydroxyl groups is 4. The second-order valence-electron chi connectivity index (χ2n) is 6.52. The first kappa shape index (κ1) is 21.6. The fourth-order valence-electron chi connectivity index (χ4n) is 2.38. The summed E-state index contributed by atoms with van der Waals surface area (Å²) in [6.45, 7) is 3.31. The van der Waals surface area contributed by atoms with Gasteiger partial charge in [-0.1, -0.05) is 12.1 Å². The number of phenolic OH excluding ortho intramolecular Hbond substituents is 4. The molecule has 29 heavy (non-hydrogen) atoms. The molecule has 2 rings (SSSR count). The van der Waals surface area contributed by atoms with Crippen LogP contribution in [0.5, 0.6) is 23.0 Å². The molecule has 1 atom stereocenters. The second kappa shape index (κ2) is 9.50. The number of esters is 2. The van der Waals surface area contributed by atoms with Crippen LogP contribution in [0.4, 0.5) is 0 Å². The molecular weight excluding hydrogens is 380 g/mol. The maximum atomic E-state index is 12.3. The summed E-state index contributed by atoms with van der Waals surface area (Å²) in [5.74, 6) is -2.89. The lowest BCUT2D eigenvalue weighted by molar-refractivity contribution is -0.167. The van der Waals surface area contributed by atoms with Crippen molar-refractivity contribution in [1.82, 2.24) is 0 Å². The molecular formula is C21H22O8. The first-order valence-corrected chi connectivity index (χ1v) is 8.77. The van der Waals surface area contributed by atoms with E-state index in [4.69, 9.17) is 9.47 Å². The van der Waals surface area contributed by atoms with Crippen molar-refractivity contribution in [3.05, 3.63) is 53.6 Å². The van der Waals surface area contributed by atoms with Crippen LogP contribution in [0.2, 0.25) is 0 Å². The quantitative estimate of drug-likeness (QED) is 0.316. The Labute approximate surface area is 167 Å². The smallest absolute Gasteiger partial charge is 0.348 e. The molecule has 8 heteroatoms. The van der Waals surface area contributed by atoms with E-state index >= 15 is 0 Å². The summed E-state index contributed by atoms with van der Waals surface area (Å²) in [6.07, 6.45) is 0.645. The van der Waals surface area contributed by atoms with Crippen LogP contribution in [0.3, 0.4) is 0 Å². The molecule has 0 aliphatic rings. The van der Waals surface area contributed by atoms with Gasteiger partial charge in [-0.05, 0) is 55.3 Å². The van der Waals surface area contributed by atoms with E-state index in [9.17, 15) is 30.0 Å². The van der Waals surface area contributed by atoms with E-state index < -0.39 is 24.1 Å². The third-order valence-electron chi connectivity index (χ3n) is 3.75. The molecule has 0 amide bonds. The molecule has 0 spiro atoms. The van der Waals surface area contributed by atoms with E-state index in [0.29, 0.717) is 11.1 Å². The highest BCUT2D eigenvalue weighted by atomic mass is 16.6. The van der Waals surface area contributed by atoms with Gasteiger partial charge in [-0.2, -0.15) is 0 Å². The Morgan fingerprint density at radius 3 is 2.10 bits per heavy atom. The molecule has 1 unspecified atom stereocenters. The van der Waals surface area contributed by atoms with Crippen LogP contribution in [0, 0.1) is 0 Å².